The molecular weight excluding hydrogens is 320 g/mol. The summed E-state index contributed by atoms with van der Waals surface area (Å²) >= 11 is 0. The van der Waals surface area contributed by atoms with Crippen molar-refractivity contribution in [2.24, 2.45) is 5.10 Å². The van der Waals surface area contributed by atoms with Crippen LogP contribution in [0.4, 0.5) is 11.4 Å². The number of hydrogen-bond acceptors (Lipinski definition) is 5. The zero-order valence-electron chi connectivity index (χ0n) is 14.2. The number of hydrogen-bond donors (Lipinski definition) is 2. The van der Waals surface area contributed by atoms with Crippen LogP contribution in [0.1, 0.15) is 23.6 Å². The van der Waals surface area contributed by atoms with E-state index in [0.29, 0.717) is 17.5 Å². The highest BCUT2D eigenvalue weighted by molar-refractivity contribution is 5.84. The zero-order valence-corrected chi connectivity index (χ0v) is 14.2. The minimum absolute atomic E-state index is 0.0545. The average Bonchev–Trinajstić information content (AvgIpc) is 2.61. The maximum atomic E-state index is 11.8. The summed E-state index contributed by atoms with van der Waals surface area (Å²) < 4.78 is 0. The van der Waals surface area contributed by atoms with E-state index in [9.17, 15) is 14.9 Å². The van der Waals surface area contributed by atoms with Gasteiger partial charge in [0, 0.05) is 22.9 Å². The van der Waals surface area contributed by atoms with E-state index in [4.69, 9.17) is 0 Å². The highest BCUT2D eigenvalue weighted by atomic mass is 16.6. The number of benzene rings is 2. The van der Waals surface area contributed by atoms with Crippen LogP contribution in [-0.2, 0) is 11.2 Å². The maximum Gasteiger partial charge on any atom is 0.273 e. The monoisotopic (exact) mass is 340 g/mol. The van der Waals surface area contributed by atoms with Crippen LogP contribution in [0.5, 0.6) is 0 Å². The highest BCUT2D eigenvalue weighted by Gasteiger charge is 2.12. The van der Waals surface area contributed by atoms with Gasteiger partial charge in [0.15, 0.2) is 0 Å². The third-order valence-electron chi connectivity index (χ3n) is 3.59. The molecule has 0 spiro atoms. The predicted molar refractivity (Wildman–Crippen MR) is 97.9 cm³/mol. The normalized spacial score (nSPS) is 10.6. The molecule has 0 bridgehead atoms. The zero-order chi connectivity index (χ0) is 18.2. The minimum atomic E-state index is -0.416. The molecule has 0 aliphatic heterocycles. The van der Waals surface area contributed by atoms with Crippen molar-refractivity contribution in [3.63, 3.8) is 0 Å². The van der Waals surface area contributed by atoms with Crippen molar-refractivity contribution in [2.75, 3.05) is 11.9 Å². The molecule has 2 aromatic carbocycles. The molecule has 0 aliphatic rings. The maximum absolute atomic E-state index is 11.8. The van der Waals surface area contributed by atoms with Gasteiger partial charge in [-0.25, -0.2) is 5.43 Å². The van der Waals surface area contributed by atoms with Gasteiger partial charge in [0.1, 0.15) is 0 Å². The van der Waals surface area contributed by atoms with Gasteiger partial charge in [0.25, 0.3) is 11.6 Å². The number of nitrogens with zero attached hydrogens (tertiary/aromatic N) is 2. The number of nitro benzene ring substituents is 1. The molecule has 0 unspecified atom stereocenters. The van der Waals surface area contributed by atoms with Crippen LogP contribution in [0.3, 0.4) is 0 Å². The Morgan fingerprint density at radius 2 is 1.96 bits per heavy atom. The molecule has 25 heavy (non-hydrogen) atoms. The lowest BCUT2D eigenvalue weighted by Gasteiger charge is -2.05. The van der Waals surface area contributed by atoms with E-state index in [1.54, 1.807) is 12.1 Å². The number of nitrogens with one attached hydrogen (secondary N) is 2. The van der Waals surface area contributed by atoms with Crippen molar-refractivity contribution in [2.45, 2.75) is 20.3 Å². The van der Waals surface area contributed by atoms with E-state index in [1.165, 1.54) is 12.3 Å². The number of nitro groups is 1. The lowest BCUT2D eigenvalue weighted by molar-refractivity contribution is -0.385. The van der Waals surface area contributed by atoms with Gasteiger partial charge in [-0.15, -0.1) is 0 Å². The summed E-state index contributed by atoms with van der Waals surface area (Å²) in [5, 5.41) is 17.9. The first-order valence-electron chi connectivity index (χ1n) is 7.89. The molecule has 2 rings (SSSR count). The molecule has 0 atom stereocenters. The number of carbonyl (C=O) groups excluding carboxylic acids is 1. The first-order chi connectivity index (χ1) is 12.0. The van der Waals surface area contributed by atoms with Crippen LogP contribution in [0, 0.1) is 17.0 Å². The van der Waals surface area contributed by atoms with E-state index in [2.05, 4.69) is 15.8 Å². The molecule has 2 N–H and O–H groups in total. The van der Waals surface area contributed by atoms with E-state index >= 15 is 0 Å². The number of aryl methyl sites for hydroxylation is 2. The van der Waals surface area contributed by atoms with Gasteiger partial charge in [-0.3, -0.25) is 14.9 Å². The van der Waals surface area contributed by atoms with Crippen LogP contribution in [-0.4, -0.2) is 23.6 Å². The minimum Gasteiger partial charge on any atom is -0.376 e. The lowest BCUT2D eigenvalue weighted by Crippen LogP contribution is -2.25. The number of carbonyl (C=O) groups is 1. The Morgan fingerprint density at radius 1 is 1.24 bits per heavy atom. The van der Waals surface area contributed by atoms with Crippen molar-refractivity contribution >= 4 is 23.5 Å². The van der Waals surface area contributed by atoms with Crippen molar-refractivity contribution in [1.82, 2.24) is 5.43 Å². The van der Waals surface area contributed by atoms with Gasteiger partial charge in [-0.05, 0) is 25.5 Å². The summed E-state index contributed by atoms with van der Waals surface area (Å²) in [6.45, 7) is 3.93. The summed E-state index contributed by atoms with van der Waals surface area (Å²) in [4.78, 5) is 22.4. The first-order valence-corrected chi connectivity index (χ1v) is 7.89. The van der Waals surface area contributed by atoms with E-state index < -0.39 is 4.92 Å². The third-order valence-corrected chi connectivity index (χ3v) is 3.59. The second-order valence-corrected chi connectivity index (χ2v) is 5.51. The number of hydrazone groups is 1. The Bertz CT molecular complexity index is 785. The molecule has 0 radical (unpaired) electrons. The fraction of sp³-hybridized carbons (Fsp3) is 0.222. The van der Waals surface area contributed by atoms with Gasteiger partial charge >= 0.3 is 0 Å². The van der Waals surface area contributed by atoms with E-state index in [-0.39, 0.29) is 18.1 Å². The van der Waals surface area contributed by atoms with Crippen LogP contribution in [0.25, 0.3) is 0 Å². The molecule has 7 heteroatoms. The average molecular weight is 340 g/mol. The van der Waals surface area contributed by atoms with Crippen LogP contribution in [0.15, 0.2) is 47.6 Å². The Labute approximate surface area is 145 Å². The predicted octanol–water partition coefficient (Wildman–Crippen LogP) is 3.03. The third kappa shape index (κ3) is 5.42. The fourth-order valence-corrected chi connectivity index (χ4v) is 2.20. The largest absolute Gasteiger partial charge is 0.376 e. The van der Waals surface area contributed by atoms with Crippen molar-refractivity contribution in [3.8, 4) is 0 Å². The molecule has 0 saturated carbocycles. The van der Waals surface area contributed by atoms with E-state index in [1.807, 2.05) is 38.1 Å². The molecule has 0 aliphatic carbocycles. The standard InChI is InChI=1S/C18H20N4O3/c1-3-15-7-6-14(10-17(15)22(24)25)11-20-21-18(23)12-19-16-8-4-13(2)5-9-16/h4-11,19H,3,12H2,1-2H3,(H,21,23)/b20-11-. The summed E-state index contributed by atoms with van der Waals surface area (Å²) in [6, 6.07) is 12.5. The van der Waals surface area contributed by atoms with Gasteiger partial charge in [-0.1, -0.05) is 36.8 Å². The summed E-state index contributed by atoms with van der Waals surface area (Å²) in [5.74, 6) is -0.309. The Balaban J connectivity index is 1.89. The summed E-state index contributed by atoms with van der Waals surface area (Å²) in [7, 11) is 0. The second-order valence-electron chi connectivity index (χ2n) is 5.51. The molecule has 0 saturated heterocycles. The number of anilines is 1. The smallest absolute Gasteiger partial charge is 0.273 e. The van der Waals surface area contributed by atoms with Crippen LogP contribution >= 0.6 is 0 Å². The van der Waals surface area contributed by atoms with Crippen molar-refractivity contribution in [3.05, 3.63) is 69.3 Å². The first kappa shape index (κ1) is 18.1. The number of rotatable bonds is 7. The van der Waals surface area contributed by atoms with Gasteiger partial charge in [0.05, 0.1) is 17.7 Å². The SMILES string of the molecule is CCc1ccc(/C=N\NC(=O)CNc2ccc(C)cc2)cc1[N+](=O)[O-]. The summed E-state index contributed by atoms with van der Waals surface area (Å²) in [6.07, 6.45) is 1.96. The summed E-state index contributed by atoms with van der Waals surface area (Å²) in [5.41, 5.74) is 5.64. The number of amides is 1. The second kappa shape index (κ2) is 8.58. The van der Waals surface area contributed by atoms with Crippen molar-refractivity contribution in [1.29, 1.82) is 0 Å². The van der Waals surface area contributed by atoms with Gasteiger partial charge in [-0.2, -0.15) is 5.10 Å². The van der Waals surface area contributed by atoms with Crippen LogP contribution in [0.2, 0.25) is 0 Å². The fourth-order valence-electron chi connectivity index (χ4n) is 2.20. The molecule has 2 aromatic rings. The molecule has 0 heterocycles. The molecule has 1 amide bonds. The molecule has 130 valence electrons. The molecule has 0 aromatic heterocycles. The Kier molecular flexibility index (Phi) is 6.22. The Hall–Kier alpha value is -3.22. The highest BCUT2D eigenvalue weighted by Crippen LogP contribution is 2.20. The lowest BCUT2D eigenvalue weighted by atomic mass is 10.1. The topological polar surface area (TPSA) is 96.6 Å². The van der Waals surface area contributed by atoms with E-state index in [0.717, 1.165) is 11.3 Å². The Morgan fingerprint density at radius 3 is 2.60 bits per heavy atom. The van der Waals surface area contributed by atoms with Gasteiger partial charge in [0.2, 0.25) is 0 Å². The molecule has 7 nitrogen and oxygen atoms in total. The molecule has 0 fully saturated rings. The quantitative estimate of drug-likeness (QED) is 0.460. The van der Waals surface area contributed by atoms with Crippen LogP contribution < -0.4 is 10.7 Å². The molecular formula is C18H20N4O3. The van der Waals surface area contributed by atoms with Gasteiger partial charge < -0.3 is 5.32 Å². The van der Waals surface area contributed by atoms with Crippen molar-refractivity contribution < 1.29 is 9.72 Å².